The summed E-state index contributed by atoms with van der Waals surface area (Å²) in [7, 11) is 0. The zero-order valence-corrected chi connectivity index (χ0v) is 13.9. The lowest BCUT2D eigenvalue weighted by atomic mass is 9.99. The van der Waals surface area contributed by atoms with E-state index in [1.165, 1.54) is 17.3 Å². The Morgan fingerprint density at radius 2 is 1.96 bits per heavy atom. The molecule has 0 aromatic heterocycles. The first kappa shape index (κ1) is 18.4. The van der Waals surface area contributed by atoms with Crippen molar-refractivity contribution in [1.29, 1.82) is 0 Å². The van der Waals surface area contributed by atoms with Gasteiger partial charge in [-0.15, -0.1) is 0 Å². The number of benzene rings is 1. The molecule has 1 saturated heterocycles. The monoisotopic (exact) mass is 369 g/mol. The molecule has 2 heterocycles. The molecule has 0 radical (unpaired) electrons. The quantitative estimate of drug-likeness (QED) is 0.874. The van der Waals surface area contributed by atoms with Crippen LogP contribution in [0.1, 0.15) is 12.5 Å². The van der Waals surface area contributed by atoms with Gasteiger partial charge in [0.2, 0.25) is 0 Å². The largest absolute Gasteiger partial charge is 0.408 e. The van der Waals surface area contributed by atoms with Crippen LogP contribution in [0.25, 0.3) is 0 Å². The third kappa shape index (κ3) is 3.58. The standard InChI is InChI=1S/C17H18F3N3O3/c1-11(17(18,19)20)22-10-21-23-8-7-13(24)15(14(23)16(22)25)26-9-12-5-3-2-4-6-12/h2-8,11,14-15,21H,9-10H2,1H3/t11-,14?,15?/m1/s1. The van der Waals surface area contributed by atoms with Crippen LogP contribution in [-0.2, 0) is 20.9 Å². The van der Waals surface area contributed by atoms with Gasteiger partial charge >= 0.3 is 6.18 Å². The van der Waals surface area contributed by atoms with Crippen LogP contribution < -0.4 is 5.43 Å². The van der Waals surface area contributed by atoms with Crippen molar-refractivity contribution in [1.82, 2.24) is 15.3 Å². The molecule has 1 fully saturated rings. The van der Waals surface area contributed by atoms with Crippen LogP contribution in [0.2, 0.25) is 0 Å². The zero-order valence-electron chi connectivity index (χ0n) is 13.9. The number of nitrogens with zero attached hydrogens (tertiary/aromatic N) is 2. The first-order valence-corrected chi connectivity index (χ1v) is 8.05. The van der Waals surface area contributed by atoms with Crippen LogP contribution in [0.5, 0.6) is 0 Å². The van der Waals surface area contributed by atoms with E-state index < -0.39 is 36.1 Å². The number of fused-ring (bicyclic) bond motifs is 1. The molecule has 9 heteroatoms. The van der Waals surface area contributed by atoms with Gasteiger partial charge in [0, 0.05) is 12.3 Å². The van der Waals surface area contributed by atoms with Crippen molar-refractivity contribution in [3.8, 4) is 0 Å². The molecule has 0 spiro atoms. The van der Waals surface area contributed by atoms with E-state index in [1.807, 2.05) is 6.07 Å². The van der Waals surface area contributed by atoms with Gasteiger partial charge in [0.25, 0.3) is 5.91 Å². The Labute approximate surface area is 148 Å². The molecule has 1 aromatic rings. The molecule has 2 aliphatic heterocycles. The highest BCUT2D eigenvalue weighted by atomic mass is 19.4. The number of ketones is 1. The van der Waals surface area contributed by atoms with Crippen molar-refractivity contribution in [2.24, 2.45) is 0 Å². The maximum Gasteiger partial charge on any atom is 0.408 e. The van der Waals surface area contributed by atoms with E-state index in [0.717, 1.165) is 12.5 Å². The van der Waals surface area contributed by atoms with Gasteiger partial charge in [-0.1, -0.05) is 30.3 Å². The van der Waals surface area contributed by atoms with Gasteiger partial charge in [-0.2, -0.15) is 13.2 Å². The highest BCUT2D eigenvalue weighted by molar-refractivity contribution is 6.00. The second kappa shape index (κ2) is 7.08. The molecule has 26 heavy (non-hydrogen) atoms. The lowest BCUT2D eigenvalue weighted by Crippen LogP contribution is -2.69. The molecule has 140 valence electrons. The van der Waals surface area contributed by atoms with Crippen LogP contribution in [0.4, 0.5) is 13.2 Å². The summed E-state index contributed by atoms with van der Waals surface area (Å²) in [4.78, 5) is 25.6. The van der Waals surface area contributed by atoms with Crippen molar-refractivity contribution < 1.29 is 27.5 Å². The Hall–Kier alpha value is -2.39. The second-order valence-electron chi connectivity index (χ2n) is 6.13. The van der Waals surface area contributed by atoms with E-state index in [2.05, 4.69) is 5.43 Å². The fourth-order valence-electron chi connectivity index (χ4n) is 2.89. The minimum absolute atomic E-state index is 0.0670. The number of carbonyl (C=O) groups is 2. The molecular formula is C17H18F3N3O3. The molecule has 0 bridgehead atoms. The van der Waals surface area contributed by atoms with E-state index >= 15 is 0 Å². The van der Waals surface area contributed by atoms with Crippen LogP contribution in [0.15, 0.2) is 42.6 Å². The minimum Gasteiger partial charge on any atom is -0.363 e. The first-order valence-electron chi connectivity index (χ1n) is 8.05. The summed E-state index contributed by atoms with van der Waals surface area (Å²) in [6.45, 7) is 0.674. The summed E-state index contributed by atoms with van der Waals surface area (Å²) in [5.41, 5.74) is 3.51. The Bertz CT molecular complexity index is 708. The summed E-state index contributed by atoms with van der Waals surface area (Å²) in [5.74, 6) is -1.26. The summed E-state index contributed by atoms with van der Waals surface area (Å²) >= 11 is 0. The number of hydrogen-bond donors (Lipinski definition) is 1. The lowest BCUT2D eigenvalue weighted by Gasteiger charge is -2.46. The maximum absolute atomic E-state index is 13.0. The molecule has 3 rings (SSSR count). The molecule has 3 atom stereocenters. The van der Waals surface area contributed by atoms with Gasteiger partial charge in [0.05, 0.1) is 13.3 Å². The van der Waals surface area contributed by atoms with E-state index in [0.29, 0.717) is 4.90 Å². The van der Waals surface area contributed by atoms with Crippen molar-refractivity contribution in [2.75, 3.05) is 6.67 Å². The third-order valence-electron chi connectivity index (χ3n) is 4.44. The number of alkyl halides is 3. The second-order valence-corrected chi connectivity index (χ2v) is 6.13. The highest BCUT2D eigenvalue weighted by Gasteiger charge is 2.50. The van der Waals surface area contributed by atoms with Crippen LogP contribution in [0, 0.1) is 0 Å². The van der Waals surface area contributed by atoms with Crippen LogP contribution in [-0.4, -0.2) is 52.6 Å². The molecule has 1 amide bonds. The van der Waals surface area contributed by atoms with E-state index in [1.54, 1.807) is 24.3 Å². The summed E-state index contributed by atoms with van der Waals surface area (Å²) < 4.78 is 44.7. The molecule has 0 aliphatic carbocycles. The fourth-order valence-corrected chi connectivity index (χ4v) is 2.89. The molecular weight excluding hydrogens is 351 g/mol. The summed E-state index contributed by atoms with van der Waals surface area (Å²) in [6, 6.07) is 5.85. The number of hydrogen-bond acceptors (Lipinski definition) is 5. The van der Waals surface area contributed by atoms with Gasteiger partial charge in [0.15, 0.2) is 17.9 Å². The number of rotatable bonds is 4. The topological polar surface area (TPSA) is 61.9 Å². The normalized spacial score (nSPS) is 24.6. The number of hydrazine groups is 1. The predicted octanol–water partition coefficient (Wildman–Crippen LogP) is 1.59. The number of halogens is 3. The molecule has 2 unspecified atom stereocenters. The van der Waals surface area contributed by atoms with Crippen molar-refractivity contribution in [3.63, 3.8) is 0 Å². The fraction of sp³-hybridized carbons (Fsp3) is 0.412. The maximum atomic E-state index is 13.0. The molecule has 0 saturated carbocycles. The highest BCUT2D eigenvalue weighted by Crippen LogP contribution is 2.28. The Balaban J connectivity index is 1.79. The molecule has 2 aliphatic rings. The van der Waals surface area contributed by atoms with Crippen molar-refractivity contribution in [3.05, 3.63) is 48.2 Å². The van der Waals surface area contributed by atoms with Crippen LogP contribution in [0.3, 0.4) is 0 Å². The number of nitrogens with one attached hydrogen (secondary N) is 1. The Morgan fingerprint density at radius 3 is 2.62 bits per heavy atom. The first-order chi connectivity index (χ1) is 12.3. The average molecular weight is 369 g/mol. The number of carbonyl (C=O) groups excluding carboxylic acids is 2. The minimum atomic E-state index is -4.56. The van der Waals surface area contributed by atoms with Crippen molar-refractivity contribution >= 4 is 11.7 Å². The molecule has 1 aromatic carbocycles. The SMILES string of the molecule is C[C@@H](N1CNN2C=CC(=O)C(OCc3ccccc3)C2C1=O)C(F)(F)F. The average Bonchev–Trinajstić information content (AvgIpc) is 2.61. The number of ether oxygens (including phenoxy) is 1. The third-order valence-corrected chi connectivity index (χ3v) is 4.44. The van der Waals surface area contributed by atoms with E-state index in [-0.39, 0.29) is 13.3 Å². The molecule has 6 nitrogen and oxygen atoms in total. The van der Waals surface area contributed by atoms with Crippen LogP contribution >= 0.6 is 0 Å². The van der Waals surface area contributed by atoms with E-state index in [9.17, 15) is 22.8 Å². The number of amides is 1. The predicted molar refractivity (Wildman–Crippen MR) is 85.2 cm³/mol. The van der Waals surface area contributed by atoms with Gasteiger partial charge in [-0.05, 0) is 12.5 Å². The van der Waals surface area contributed by atoms with Gasteiger partial charge < -0.3 is 9.64 Å². The van der Waals surface area contributed by atoms with Gasteiger partial charge in [-0.25, -0.2) is 5.43 Å². The summed E-state index contributed by atoms with van der Waals surface area (Å²) in [5, 5.41) is 1.33. The smallest absolute Gasteiger partial charge is 0.363 e. The summed E-state index contributed by atoms with van der Waals surface area (Å²) in [6.07, 6.45) is -3.16. The van der Waals surface area contributed by atoms with Gasteiger partial charge in [0.1, 0.15) is 6.04 Å². The Kier molecular flexibility index (Phi) is 5.01. The Morgan fingerprint density at radius 1 is 1.27 bits per heavy atom. The zero-order chi connectivity index (χ0) is 18.9. The van der Waals surface area contributed by atoms with Gasteiger partial charge in [-0.3, -0.25) is 14.6 Å². The molecule has 1 N–H and O–H groups in total. The lowest BCUT2D eigenvalue weighted by molar-refractivity contribution is -0.200. The van der Waals surface area contributed by atoms with E-state index in [4.69, 9.17) is 4.74 Å². The van der Waals surface area contributed by atoms with Crippen molar-refractivity contribution in [2.45, 2.75) is 37.9 Å².